The second-order valence-electron chi connectivity index (χ2n) is 3.42. The van der Waals surface area contributed by atoms with Gasteiger partial charge in [-0.1, -0.05) is 0 Å². The molecule has 0 bridgehead atoms. The van der Waals surface area contributed by atoms with Gasteiger partial charge in [-0.3, -0.25) is 0 Å². The molecule has 0 unspecified atom stereocenters. The second kappa shape index (κ2) is 4.15. The maximum Gasteiger partial charge on any atom is 0.405 e. The van der Waals surface area contributed by atoms with E-state index in [1.807, 2.05) is 0 Å². The number of hydrogen-bond acceptors (Lipinski definition) is 3. The Morgan fingerprint density at radius 1 is 1.47 bits per heavy atom. The minimum atomic E-state index is -4.26. The lowest BCUT2D eigenvalue weighted by Gasteiger charge is -2.11. The van der Waals surface area contributed by atoms with Gasteiger partial charge in [0.2, 0.25) is 5.88 Å². The van der Waals surface area contributed by atoms with Crippen molar-refractivity contribution in [3.8, 4) is 5.88 Å². The molecule has 0 atom stereocenters. The van der Waals surface area contributed by atoms with Gasteiger partial charge in [-0.15, -0.1) is 0 Å². The van der Waals surface area contributed by atoms with E-state index >= 15 is 0 Å². The van der Waals surface area contributed by atoms with Crippen molar-refractivity contribution in [2.24, 2.45) is 0 Å². The molecule has 2 heterocycles. The van der Waals surface area contributed by atoms with Crippen LogP contribution in [-0.2, 0) is 0 Å². The fourth-order valence-corrected chi connectivity index (χ4v) is 1.52. The van der Waals surface area contributed by atoms with Crippen molar-refractivity contribution >= 4 is 16.6 Å². The van der Waals surface area contributed by atoms with Gasteiger partial charge in [0, 0.05) is 11.6 Å². The Balaban J connectivity index is 2.33. The summed E-state index contributed by atoms with van der Waals surface area (Å²) in [6, 6.07) is 1.66. The summed E-state index contributed by atoms with van der Waals surface area (Å²) in [7, 11) is 1.45. The van der Waals surface area contributed by atoms with E-state index in [-0.39, 0.29) is 0 Å². The van der Waals surface area contributed by atoms with Crippen LogP contribution in [0.5, 0.6) is 5.88 Å². The van der Waals surface area contributed by atoms with Crippen LogP contribution in [0.25, 0.3) is 10.9 Å². The summed E-state index contributed by atoms with van der Waals surface area (Å²) in [6.45, 7) is -1.10. The number of hydrogen-bond donors (Lipinski definition) is 2. The van der Waals surface area contributed by atoms with Crippen LogP contribution in [0.2, 0.25) is 0 Å². The number of rotatable bonds is 3. The van der Waals surface area contributed by atoms with Crippen LogP contribution in [-0.4, -0.2) is 29.8 Å². The Morgan fingerprint density at radius 2 is 2.24 bits per heavy atom. The topological polar surface area (TPSA) is 49.9 Å². The highest BCUT2D eigenvalue weighted by Crippen LogP contribution is 2.28. The van der Waals surface area contributed by atoms with Gasteiger partial charge in [-0.05, 0) is 6.07 Å². The van der Waals surface area contributed by atoms with Crippen molar-refractivity contribution in [2.75, 3.05) is 19.0 Å². The third-order valence-corrected chi connectivity index (χ3v) is 2.23. The Morgan fingerprint density at radius 3 is 2.88 bits per heavy atom. The first kappa shape index (κ1) is 11.6. The van der Waals surface area contributed by atoms with Gasteiger partial charge in [-0.25, -0.2) is 4.98 Å². The maximum atomic E-state index is 12.1. The molecule has 0 radical (unpaired) electrons. The van der Waals surface area contributed by atoms with E-state index in [9.17, 15) is 13.2 Å². The van der Waals surface area contributed by atoms with E-state index in [1.165, 1.54) is 13.3 Å². The number of pyridine rings is 1. The molecule has 2 aromatic rings. The van der Waals surface area contributed by atoms with Crippen molar-refractivity contribution in [1.29, 1.82) is 0 Å². The second-order valence-corrected chi connectivity index (χ2v) is 3.42. The molecule has 0 aliphatic rings. The number of H-pyrrole nitrogens is 1. The van der Waals surface area contributed by atoms with Crippen LogP contribution in [0.4, 0.5) is 18.9 Å². The predicted molar refractivity (Wildman–Crippen MR) is 57.2 cm³/mol. The molecular weight excluding hydrogens is 235 g/mol. The molecule has 2 rings (SSSR count). The first-order valence-electron chi connectivity index (χ1n) is 4.82. The molecule has 0 amide bonds. The normalized spacial score (nSPS) is 11.8. The van der Waals surface area contributed by atoms with Gasteiger partial charge in [0.15, 0.2) is 0 Å². The summed E-state index contributed by atoms with van der Waals surface area (Å²) in [5.41, 5.74) is 0.888. The zero-order chi connectivity index (χ0) is 12.5. The largest absolute Gasteiger partial charge is 0.479 e. The highest BCUT2D eigenvalue weighted by Gasteiger charge is 2.27. The summed E-state index contributed by atoms with van der Waals surface area (Å²) in [5, 5.41) is 2.91. The summed E-state index contributed by atoms with van der Waals surface area (Å²) >= 11 is 0. The molecule has 2 aromatic heterocycles. The monoisotopic (exact) mass is 245 g/mol. The van der Waals surface area contributed by atoms with E-state index in [0.29, 0.717) is 22.5 Å². The Bertz CT molecular complexity index is 521. The van der Waals surface area contributed by atoms with Crippen molar-refractivity contribution < 1.29 is 17.9 Å². The third-order valence-electron chi connectivity index (χ3n) is 2.23. The van der Waals surface area contributed by atoms with Gasteiger partial charge in [0.25, 0.3) is 0 Å². The molecule has 0 spiro atoms. The zero-order valence-electron chi connectivity index (χ0n) is 8.93. The van der Waals surface area contributed by atoms with Crippen molar-refractivity contribution in [3.63, 3.8) is 0 Å². The number of nitrogens with one attached hydrogen (secondary N) is 2. The van der Waals surface area contributed by atoms with E-state index in [1.54, 1.807) is 12.3 Å². The summed E-state index contributed by atoms with van der Waals surface area (Å²) < 4.78 is 41.3. The molecule has 92 valence electrons. The fraction of sp³-hybridized carbons (Fsp3) is 0.300. The molecule has 0 fully saturated rings. The number of methoxy groups -OCH3 is 1. The SMILES string of the molecule is COc1ncc(NCC(F)(F)F)c2cc[nH]c12. The smallest absolute Gasteiger partial charge is 0.405 e. The summed E-state index contributed by atoms with van der Waals surface area (Å²) in [4.78, 5) is 6.78. The lowest BCUT2D eigenvalue weighted by molar-refractivity contribution is -0.115. The summed E-state index contributed by atoms with van der Waals surface area (Å²) in [5.74, 6) is 0.350. The van der Waals surface area contributed by atoms with Crippen LogP contribution in [0.15, 0.2) is 18.5 Å². The number of halogens is 3. The quantitative estimate of drug-likeness (QED) is 0.873. The van der Waals surface area contributed by atoms with Crippen LogP contribution in [0.3, 0.4) is 0 Å². The lowest BCUT2D eigenvalue weighted by Crippen LogP contribution is -2.21. The summed E-state index contributed by atoms with van der Waals surface area (Å²) in [6.07, 6.45) is -1.32. The highest BCUT2D eigenvalue weighted by atomic mass is 19.4. The van der Waals surface area contributed by atoms with Crippen molar-refractivity contribution in [3.05, 3.63) is 18.5 Å². The van der Waals surface area contributed by atoms with E-state index in [4.69, 9.17) is 4.74 Å². The average molecular weight is 245 g/mol. The maximum absolute atomic E-state index is 12.1. The zero-order valence-corrected chi connectivity index (χ0v) is 8.93. The number of aromatic nitrogens is 2. The fourth-order valence-electron chi connectivity index (χ4n) is 1.52. The molecular formula is C10H10F3N3O. The van der Waals surface area contributed by atoms with Gasteiger partial charge in [-0.2, -0.15) is 13.2 Å². The molecule has 2 N–H and O–H groups in total. The number of alkyl halides is 3. The molecule has 17 heavy (non-hydrogen) atoms. The van der Waals surface area contributed by atoms with Crippen LogP contribution in [0.1, 0.15) is 0 Å². The Kier molecular flexibility index (Phi) is 2.83. The van der Waals surface area contributed by atoms with Crippen molar-refractivity contribution in [1.82, 2.24) is 9.97 Å². The standard InChI is InChI=1S/C10H10F3N3O/c1-17-9-8-6(2-3-14-8)7(4-15-9)16-5-10(11,12)13/h2-4,14,16H,5H2,1H3. The first-order valence-corrected chi connectivity index (χ1v) is 4.82. The Labute approximate surface area is 94.8 Å². The predicted octanol–water partition coefficient (Wildman–Crippen LogP) is 2.55. The molecule has 0 saturated carbocycles. The number of aromatic amines is 1. The average Bonchev–Trinajstić information content (AvgIpc) is 2.73. The van der Waals surface area contributed by atoms with Gasteiger partial charge >= 0.3 is 6.18 Å². The van der Waals surface area contributed by atoms with Crippen LogP contribution >= 0.6 is 0 Å². The molecule has 7 heteroatoms. The van der Waals surface area contributed by atoms with Gasteiger partial charge in [0.1, 0.15) is 12.1 Å². The highest BCUT2D eigenvalue weighted by molar-refractivity contribution is 5.94. The van der Waals surface area contributed by atoms with Gasteiger partial charge in [0.05, 0.1) is 19.0 Å². The van der Waals surface area contributed by atoms with Gasteiger partial charge < -0.3 is 15.0 Å². The number of ether oxygens (including phenoxy) is 1. The molecule has 0 aromatic carbocycles. The first-order chi connectivity index (χ1) is 8.01. The van der Waals surface area contributed by atoms with Crippen LogP contribution < -0.4 is 10.1 Å². The molecule has 4 nitrogen and oxygen atoms in total. The minimum Gasteiger partial charge on any atom is -0.479 e. The number of nitrogens with zero attached hydrogens (tertiary/aromatic N) is 1. The molecule has 0 aliphatic carbocycles. The molecule has 0 aliphatic heterocycles. The lowest BCUT2D eigenvalue weighted by atomic mass is 10.2. The van der Waals surface area contributed by atoms with E-state index in [2.05, 4.69) is 15.3 Å². The number of fused-ring (bicyclic) bond motifs is 1. The third kappa shape index (κ3) is 2.43. The van der Waals surface area contributed by atoms with Crippen LogP contribution in [0, 0.1) is 0 Å². The van der Waals surface area contributed by atoms with E-state index < -0.39 is 12.7 Å². The number of anilines is 1. The Hall–Kier alpha value is -1.92. The molecule has 0 saturated heterocycles. The van der Waals surface area contributed by atoms with Crippen molar-refractivity contribution in [2.45, 2.75) is 6.18 Å². The minimum absolute atomic E-state index is 0.319. The van der Waals surface area contributed by atoms with E-state index in [0.717, 1.165) is 0 Å².